The molecule has 0 bridgehead atoms. The summed E-state index contributed by atoms with van der Waals surface area (Å²) in [5, 5.41) is 6.18. The molecule has 0 atom stereocenters. The molecule has 1 N–H and O–H groups in total. The van der Waals surface area contributed by atoms with Crippen LogP contribution in [0.25, 0.3) is 0 Å². The Labute approximate surface area is 139 Å². The molecular formula is C17H22N2OS2. The predicted molar refractivity (Wildman–Crippen MR) is 93.0 cm³/mol. The Morgan fingerprint density at radius 1 is 1.32 bits per heavy atom. The highest BCUT2D eigenvalue weighted by Crippen LogP contribution is 2.29. The average molecular weight is 335 g/mol. The van der Waals surface area contributed by atoms with Gasteiger partial charge in [0.25, 0.3) is 5.91 Å². The van der Waals surface area contributed by atoms with Gasteiger partial charge in [-0.3, -0.25) is 4.79 Å². The second kappa shape index (κ2) is 6.92. The number of hydrogen-bond acceptors (Lipinski definition) is 4. The van der Waals surface area contributed by atoms with Gasteiger partial charge in [-0.1, -0.05) is 20.3 Å². The van der Waals surface area contributed by atoms with Gasteiger partial charge in [-0.25, -0.2) is 4.98 Å². The minimum Gasteiger partial charge on any atom is -0.346 e. The van der Waals surface area contributed by atoms with Crippen molar-refractivity contribution in [2.45, 2.75) is 58.4 Å². The van der Waals surface area contributed by atoms with Crippen molar-refractivity contribution in [2.24, 2.45) is 0 Å². The van der Waals surface area contributed by atoms with E-state index in [-0.39, 0.29) is 5.91 Å². The van der Waals surface area contributed by atoms with E-state index in [1.54, 1.807) is 22.7 Å². The van der Waals surface area contributed by atoms with E-state index in [1.165, 1.54) is 29.7 Å². The third-order valence-corrected chi connectivity index (χ3v) is 6.39. The van der Waals surface area contributed by atoms with Crippen molar-refractivity contribution < 1.29 is 4.79 Å². The zero-order valence-corrected chi connectivity index (χ0v) is 14.8. The molecule has 1 aliphatic carbocycles. The number of aromatic nitrogens is 1. The maximum atomic E-state index is 12.3. The Morgan fingerprint density at radius 2 is 2.14 bits per heavy atom. The van der Waals surface area contributed by atoms with Gasteiger partial charge in [-0.15, -0.1) is 22.7 Å². The molecule has 0 aliphatic heterocycles. The molecule has 0 saturated carbocycles. The predicted octanol–water partition coefficient (Wildman–Crippen LogP) is 4.53. The first-order valence-corrected chi connectivity index (χ1v) is 9.67. The van der Waals surface area contributed by atoms with Crippen LogP contribution < -0.4 is 5.32 Å². The van der Waals surface area contributed by atoms with Gasteiger partial charge in [-0.2, -0.15) is 0 Å². The fraction of sp³-hybridized carbons (Fsp3) is 0.529. The van der Waals surface area contributed by atoms with Crippen LogP contribution in [0.2, 0.25) is 0 Å². The van der Waals surface area contributed by atoms with E-state index in [2.05, 4.69) is 30.2 Å². The standard InChI is InChI=1S/C17H22N2OS2/c1-11(2)17-19-13(10-21-17)9-18-16(20)15-8-12-6-4-3-5-7-14(12)22-15/h8,10-11H,3-7,9H2,1-2H3,(H,18,20). The lowest BCUT2D eigenvalue weighted by Gasteiger charge is -2.01. The lowest BCUT2D eigenvalue weighted by molar-refractivity contribution is 0.0954. The van der Waals surface area contributed by atoms with Crippen LogP contribution in [0.15, 0.2) is 11.4 Å². The largest absolute Gasteiger partial charge is 0.346 e. The molecule has 3 rings (SSSR count). The summed E-state index contributed by atoms with van der Waals surface area (Å²) >= 11 is 3.34. The molecule has 3 nitrogen and oxygen atoms in total. The number of carbonyl (C=O) groups is 1. The topological polar surface area (TPSA) is 42.0 Å². The molecule has 22 heavy (non-hydrogen) atoms. The highest BCUT2D eigenvalue weighted by atomic mass is 32.1. The third-order valence-electron chi connectivity index (χ3n) is 3.96. The maximum Gasteiger partial charge on any atom is 0.261 e. The van der Waals surface area contributed by atoms with E-state index >= 15 is 0 Å². The molecular weight excluding hydrogens is 312 g/mol. The average Bonchev–Trinajstić information content (AvgIpc) is 3.07. The molecule has 0 aromatic carbocycles. The summed E-state index contributed by atoms with van der Waals surface area (Å²) in [6, 6.07) is 2.10. The Balaban J connectivity index is 1.62. The number of thiazole rings is 1. The molecule has 1 aliphatic rings. The van der Waals surface area contributed by atoms with Crippen molar-refractivity contribution in [1.29, 1.82) is 0 Å². The molecule has 0 radical (unpaired) electrons. The lowest BCUT2D eigenvalue weighted by Crippen LogP contribution is -2.22. The van der Waals surface area contributed by atoms with Crippen LogP contribution in [0.4, 0.5) is 0 Å². The maximum absolute atomic E-state index is 12.3. The van der Waals surface area contributed by atoms with Gasteiger partial charge in [0, 0.05) is 16.2 Å². The minimum atomic E-state index is 0.0390. The van der Waals surface area contributed by atoms with Crippen molar-refractivity contribution in [1.82, 2.24) is 10.3 Å². The Bertz CT molecular complexity index is 634. The van der Waals surface area contributed by atoms with Crippen LogP contribution in [0.5, 0.6) is 0 Å². The first-order valence-electron chi connectivity index (χ1n) is 7.97. The molecule has 1 amide bonds. The normalized spacial score (nSPS) is 14.7. The van der Waals surface area contributed by atoms with Gasteiger partial charge in [0.1, 0.15) is 0 Å². The quantitative estimate of drug-likeness (QED) is 0.835. The van der Waals surface area contributed by atoms with Crippen LogP contribution in [0.3, 0.4) is 0 Å². The van der Waals surface area contributed by atoms with Crippen LogP contribution in [-0.2, 0) is 19.4 Å². The van der Waals surface area contributed by atoms with Gasteiger partial charge in [0.2, 0.25) is 0 Å². The van der Waals surface area contributed by atoms with Crippen molar-refractivity contribution in [3.8, 4) is 0 Å². The number of rotatable bonds is 4. The highest BCUT2D eigenvalue weighted by Gasteiger charge is 2.16. The van der Waals surface area contributed by atoms with E-state index in [0.29, 0.717) is 12.5 Å². The second-order valence-corrected chi connectivity index (χ2v) is 8.16. The van der Waals surface area contributed by atoms with Crippen molar-refractivity contribution in [2.75, 3.05) is 0 Å². The molecule has 2 aromatic rings. The Hall–Kier alpha value is -1.20. The smallest absolute Gasteiger partial charge is 0.261 e. The van der Waals surface area contributed by atoms with E-state index in [0.717, 1.165) is 28.4 Å². The Kier molecular flexibility index (Phi) is 4.93. The summed E-state index contributed by atoms with van der Waals surface area (Å²) in [5.74, 6) is 0.486. The summed E-state index contributed by atoms with van der Waals surface area (Å²) in [6.07, 6.45) is 6.08. The molecule has 0 saturated heterocycles. The zero-order valence-electron chi connectivity index (χ0n) is 13.1. The van der Waals surface area contributed by atoms with E-state index in [1.807, 2.05) is 5.38 Å². The first kappa shape index (κ1) is 15.7. The fourth-order valence-electron chi connectivity index (χ4n) is 2.71. The van der Waals surface area contributed by atoms with Crippen molar-refractivity contribution >= 4 is 28.6 Å². The van der Waals surface area contributed by atoms with E-state index < -0.39 is 0 Å². The second-order valence-electron chi connectivity index (χ2n) is 6.13. The van der Waals surface area contributed by atoms with Crippen LogP contribution in [0.1, 0.15) is 69.8 Å². The zero-order chi connectivity index (χ0) is 15.5. The van der Waals surface area contributed by atoms with Crippen molar-refractivity contribution in [3.63, 3.8) is 0 Å². The minimum absolute atomic E-state index is 0.0390. The summed E-state index contributed by atoms with van der Waals surface area (Å²) in [7, 11) is 0. The van der Waals surface area contributed by atoms with Gasteiger partial charge in [0.15, 0.2) is 0 Å². The van der Waals surface area contributed by atoms with Crippen LogP contribution in [-0.4, -0.2) is 10.9 Å². The molecule has 0 unspecified atom stereocenters. The van der Waals surface area contributed by atoms with Crippen LogP contribution in [0, 0.1) is 0 Å². The van der Waals surface area contributed by atoms with E-state index in [4.69, 9.17) is 0 Å². The summed E-state index contributed by atoms with van der Waals surface area (Å²) in [5.41, 5.74) is 2.35. The number of fused-ring (bicyclic) bond motifs is 1. The fourth-order valence-corrected chi connectivity index (χ4v) is 4.71. The summed E-state index contributed by atoms with van der Waals surface area (Å²) in [4.78, 5) is 19.2. The molecule has 118 valence electrons. The number of thiophene rings is 1. The summed E-state index contributed by atoms with van der Waals surface area (Å²) < 4.78 is 0. The van der Waals surface area contributed by atoms with Crippen LogP contribution >= 0.6 is 22.7 Å². The SMILES string of the molecule is CC(C)c1nc(CNC(=O)c2cc3c(s2)CCCCC3)cs1. The number of hydrogen-bond donors (Lipinski definition) is 1. The summed E-state index contributed by atoms with van der Waals surface area (Å²) in [6.45, 7) is 4.80. The molecule has 2 aromatic heterocycles. The number of aryl methyl sites for hydroxylation is 2. The van der Waals surface area contributed by atoms with Gasteiger partial charge in [0.05, 0.1) is 22.1 Å². The molecule has 5 heteroatoms. The molecule has 0 fully saturated rings. The van der Waals surface area contributed by atoms with Gasteiger partial charge < -0.3 is 5.32 Å². The van der Waals surface area contributed by atoms with Crippen molar-refractivity contribution in [3.05, 3.63) is 37.5 Å². The highest BCUT2D eigenvalue weighted by molar-refractivity contribution is 7.14. The van der Waals surface area contributed by atoms with Gasteiger partial charge >= 0.3 is 0 Å². The number of nitrogens with zero attached hydrogens (tertiary/aromatic N) is 1. The van der Waals surface area contributed by atoms with Gasteiger partial charge in [-0.05, 0) is 37.3 Å². The molecule has 0 spiro atoms. The number of carbonyl (C=O) groups excluding carboxylic acids is 1. The third kappa shape index (κ3) is 3.58. The lowest BCUT2D eigenvalue weighted by atomic mass is 10.1. The van der Waals surface area contributed by atoms with E-state index in [9.17, 15) is 4.79 Å². The first-order chi connectivity index (χ1) is 10.6. The Morgan fingerprint density at radius 3 is 2.91 bits per heavy atom. The number of nitrogens with one attached hydrogen (secondary N) is 1. The monoisotopic (exact) mass is 334 g/mol. The molecule has 2 heterocycles. The number of amides is 1.